The number of hydroxylamine groups is 1. The third-order valence-corrected chi connectivity index (χ3v) is 2.63. The number of nitrogens with one attached hydrogen (secondary N) is 1. The van der Waals surface area contributed by atoms with E-state index in [1.807, 2.05) is 6.92 Å². The van der Waals surface area contributed by atoms with Crippen molar-refractivity contribution >= 4 is 0 Å². The average Bonchev–Trinajstić information content (AvgIpc) is 2.70. The van der Waals surface area contributed by atoms with E-state index in [0.29, 0.717) is 13.3 Å². The van der Waals surface area contributed by atoms with Gasteiger partial charge in [0.2, 0.25) is 6.79 Å². The molecule has 0 bridgehead atoms. The Morgan fingerprint density at radius 1 is 1.33 bits per heavy atom. The summed E-state index contributed by atoms with van der Waals surface area (Å²) >= 11 is 0. The minimum atomic E-state index is 0.305. The standard InChI is InChI=1S/C11H15NO3/c1-7-4-9(5-12-13-3)11-10(8(7)2)14-6-15-11/h4,12H,5-6H2,1-3H3. The summed E-state index contributed by atoms with van der Waals surface area (Å²) in [5, 5.41) is 0. The van der Waals surface area contributed by atoms with Crippen molar-refractivity contribution in [3.05, 3.63) is 22.8 Å². The van der Waals surface area contributed by atoms with E-state index in [9.17, 15) is 0 Å². The molecule has 0 spiro atoms. The van der Waals surface area contributed by atoms with Gasteiger partial charge < -0.3 is 14.3 Å². The third-order valence-electron chi connectivity index (χ3n) is 2.63. The van der Waals surface area contributed by atoms with Gasteiger partial charge in [-0.2, -0.15) is 5.48 Å². The zero-order chi connectivity index (χ0) is 10.8. The minimum absolute atomic E-state index is 0.305. The van der Waals surface area contributed by atoms with Crippen LogP contribution in [0.3, 0.4) is 0 Å². The lowest BCUT2D eigenvalue weighted by molar-refractivity contribution is 0.0858. The summed E-state index contributed by atoms with van der Waals surface area (Å²) in [6.45, 7) is 5.02. The second kappa shape index (κ2) is 4.08. The van der Waals surface area contributed by atoms with Crippen molar-refractivity contribution in [1.29, 1.82) is 0 Å². The average molecular weight is 209 g/mol. The highest BCUT2D eigenvalue weighted by Gasteiger charge is 2.21. The maximum absolute atomic E-state index is 5.44. The van der Waals surface area contributed by atoms with E-state index in [0.717, 1.165) is 22.6 Å². The van der Waals surface area contributed by atoms with Crippen LogP contribution < -0.4 is 15.0 Å². The molecule has 0 fully saturated rings. The van der Waals surface area contributed by atoms with Crippen molar-refractivity contribution in [2.24, 2.45) is 0 Å². The molecular weight excluding hydrogens is 194 g/mol. The highest BCUT2D eigenvalue weighted by atomic mass is 16.7. The predicted octanol–water partition coefficient (Wildman–Crippen LogP) is 1.68. The summed E-state index contributed by atoms with van der Waals surface area (Å²) in [7, 11) is 1.60. The van der Waals surface area contributed by atoms with Gasteiger partial charge in [-0.25, -0.2) is 0 Å². The van der Waals surface area contributed by atoms with Crippen molar-refractivity contribution in [3.8, 4) is 11.5 Å². The first-order valence-electron chi connectivity index (χ1n) is 4.88. The Morgan fingerprint density at radius 2 is 2.07 bits per heavy atom. The van der Waals surface area contributed by atoms with Crippen molar-refractivity contribution < 1.29 is 14.3 Å². The van der Waals surface area contributed by atoms with Crippen LogP contribution in [0.25, 0.3) is 0 Å². The molecule has 1 N–H and O–H groups in total. The van der Waals surface area contributed by atoms with Crippen LogP contribution in [0.4, 0.5) is 0 Å². The second-order valence-corrected chi connectivity index (χ2v) is 3.57. The number of hydrogen-bond donors (Lipinski definition) is 1. The highest BCUT2D eigenvalue weighted by Crippen LogP contribution is 2.40. The van der Waals surface area contributed by atoms with Gasteiger partial charge in [-0.3, -0.25) is 0 Å². The first-order chi connectivity index (χ1) is 7.24. The van der Waals surface area contributed by atoms with E-state index in [2.05, 4.69) is 18.5 Å². The Hall–Kier alpha value is -1.26. The monoisotopic (exact) mass is 209 g/mol. The lowest BCUT2D eigenvalue weighted by Crippen LogP contribution is -2.11. The van der Waals surface area contributed by atoms with E-state index in [-0.39, 0.29) is 0 Å². The van der Waals surface area contributed by atoms with Crippen LogP contribution in [-0.2, 0) is 11.4 Å². The van der Waals surface area contributed by atoms with Gasteiger partial charge in [-0.1, -0.05) is 6.07 Å². The fraction of sp³-hybridized carbons (Fsp3) is 0.455. The zero-order valence-electron chi connectivity index (χ0n) is 9.22. The van der Waals surface area contributed by atoms with Gasteiger partial charge in [0.05, 0.1) is 7.11 Å². The van der Waals surface area contributed by atoms with Crippen LogP contribution in [0.2, 0.25) is 0 Å². The predicted molar refractivity (Wildman–Crippen MR) is 55.9 cm³/mol. The maximum Gasteiger partial charge on any atom is 0.231 e. The smallest absolute Gasteiger partial charge is 0.231 e. The highest BCUT2D eigenvalue weighted by molar-refractivity contribution is 5.56. The number of aryl methyl sites for hydroxylation is 1. The van der Waals surface area contributed by atoms with Crippen molar-refractivity contribution in [1.82, 2.24) is 5.48 Å². The third kappa shape index (κ3) is 1.78. The molecule has 1 aliphatic heterocycles. The van der Waals surface area contributed by atoms with Crippen LogP contribution in [0, 0.1) is 13.8 Å². The van der Waals surface area contributed by atoms with Crippen LogP contribution in [-0.4, -0.2) is 13.9 Å². The van der Waals surface area contributed by atoms with E-state index in [1.54, 1.807) is 7.11 Å². The Morgan fingerprint density at radius 3 is 2.80 bits per heavy atom. The molecule has 4 heteroatoms. The molecule has 1 aromatic carbocycles. The molecule has 0 saturated heterocycles. The molecular formula is C11H15NO3. The summed E-state index contributed by atoms with van der Waals surface area (Å²) in [6.07, 6.45) is 0. The molecule has 0 saturated carbocycles. The molecule has 15 heavy (non-hydrogen) atoms. The van der Waals surface area contributed by atoms with Gasteiger partial charge >= 0.3 is 0 Å². The van der Waals surface area contributed by atoms with Gasteiger partial charge in [-0.05, 0) is 25.0 Å². The molecule has 1 aliphatic rings. The van der Waals surface area contributed by atoms with Gasteiger partial charge in [-0.15, -0.1) is 0 Å². The molecule has 0 radical (unpaired) electrons. The van der Waals surface area contributed by atoms with Gasteiger partial charge in [0.25, 0.3) is 0 Å². The van der Waals surface area contributed by atoms with Crippen LogP contribution in [0.1, 0.15) is 16.7 Å². The molecule has 1 aromatic rings. The van der Waals surface area contributed by atoms with Gasteiger partial charge in [0.15, 0.2) is 11.5 Å². The van der Waals surface area contributed by atoms with Crippen LogP contribution in [0.5, 0.6) is 11.5 Å². The molecule has 1 heterocycles. The van der Waals surface area contributed by atoms with Crippen molar-refractivity contribution in [2.75, 3.05) is 13.9 Å². The molecule has 4 nitrogen and oxygen atoms in total. The zero-order valence-corrected chi connectivity index (χ0v) is 9.22. The molecule has 0 aromatic heterocycles. The summed E-state index contributed by atoms with van der Waals surface area (Å²) in [5.74, 6) is 1.70. The normalized spacial score (nSPS) is 13.3. The van der Waals surface area contributed by atoms with Gasteiger partial charge in [0, 0.05) is 12.1 Å². The first kappa shape index (κ1) is 10.3. The number of benzene rings is 1. The van der Waals surface area contributed by atoms with E-state index < -0.39 is 0 Å². The van der Waals surface area contributed by atoms with E-state index in [4.69, 9.17) is 14.3 Å². The lowest BCUT2D eigenvalue weighted by Gasteiger charge is -2.10. The fourth-order valence-corrected chi connectivity index (χ4v) is 1.69. The largest absolute Gasteiger partial charge is 0.453 e. The second-order valence-electron chi connectivity index (χ2n) is 3.57. The first-order valence-corrected chi connectivity index (χ1v) is 4.88. The maximum atomic E-state index is 5.44. The quantitative estimate of drug-likeness (QED) is 0.769. The topological polar surface area (TPSA) is 39.7 Å². The summed E-state index contributed by atoms with van der Waals surface area (Å²) in [6, 6.07) is 2.09. The molecule has 0 unspecified atom stereocenters. The number of fused-ring (bicyclic) bond motifs is 1. The van der Waals surface area contributed by atoms with Crippen LogP contribution in [0.15, 0.2) is 6.07 Å². The Balaban J connectivity index is 2.38. The molecule has 2 rings (SSSR count). The molecule has 0 atom stereocenters. The number of ether oxygens (including phenoxy) is 2. The summed E-state index contributed by atoms with van der Waals surface area (Å²) < 4.78 is 10.9. The SMILES string of the molecule is CONCc1cc(C)c(C)c2c1OCO2. The Labute approximate surface area is 89.1 Å². The van der Waals surface area contributed by atoms with Gasteiger partial charge in [0.1, 0.15) is 0 Å². The Bertz CT molecular complexity index is 377. The van der Waals surface area contributed by atoms with E-state index in [1.165, 1.54) is 5.56 Å². The van der Waals surface area contributed by atoms with Crippen molar-refractivity contribution in [3.63, 3.8) is 0 Å². The van der Waals surface area contributed by atoms with Crippen LogP contribution >= 0.6 is 0 Å². The minimum Gasteiger partial charge on any atom is -0.453 e. The number of hydrogen-bond acceptors (Lipinski definition) is 4. The van der Waals surface area contributed by atoms with E-state index >= 15 is 0 Å². The Kier molecular flexibility index (Phi) is 2.79. The summed E-state index contributed by atoms with van der Waals surface area (Å²) in [4.78, 5) is 4.83. The summed E-state index contributed by atoms with van der Waals surface area (Å²) in [5.41, 5.74) is 6.21. The number of rotatable bonds is 3. The molecule has 0 aliphatic carbocycles. The van der Waals surface area contributed by atoms with Crippen molar-refractivity contribution in [2.45, 2.75) is 20.4 Å². The lowest BCUT2D eigenvalue weighted by atomic mass is 10.0. The fourth-order valence-electron chi connectivity index (χ4n) is 1.69. The molecule has 0 amide bonds. The molecule has 82 valence electrons.